The summed E-state index contributed by atoms with van der Waals surface area (Å²) in [4.78, 5) is 19.5. The number of carbonyl (C=O) groups is 1. The lowest BCUT2D eigenvalue weighted by Crippen LogP contribution is -2.10. The molecule has 0 saturated heterocycles. The normalized spacial score (nSPS) is 11.0. The number of aromatic nitrogens is 3. The van der Waals surface area contributed by atoms with Crippen LogP contribution in [-0.2, 0) is 11.3 Å². The van der Waals surface area contributed by atoms with Crippen molar-refractivity contribution in [2.24, 2.45) is 0 Å². The van der Waals surface area contributed by atoms with Crippen molar-refractivity contribution in [1.82, 2.24) is 14.5 Å². The number of hydrogen-bond acceptors (Lipinski definition) is 3. The van der Waals surface area contributed by atoms with E-state index in [1.54, 1.807) is 6.07 Å². The molecule has 5 nitrogen and oxygen atoms in total. The molecule has 3 aromatic rings. The van der Waals surface area contributed by atoms with Crippen LogP contribution in [0.5, 0.6) is 0 Å². The van der Waals surface area contributed by atoms with Gasteiger partial charge in [-0.3, -0.25) is 9.36 Å². The van der Waals surface area contributed by atoms with Gasteiger partial charge < -0.3 is 5.11 Å². The van der Waals surface area contributed by atoms with Gasteiger partial charge in [-0.25, -0.2) is 14.4 Å². The molecule has 0 bridgehead atoms. The van der Waals surface area contributed by atoms with Crippen molar-refractivity contribution in [1.29, 1.82) is 0 Å². The Morgan fingerprint density at radius 1 is 1.33 bits per heavy atom. The zero-order valence-electron chi connectivity index (χ0n) is 10.6. The second-order valence-electron chi connectivity index (χ2n) is 4.42. The summed E-state index contributed by atoms with van der Waals surface area (Å²) in [5.41, 5.74) is 1.51. The van der Waals surface area contributed by atoms with Gasteiger partial charge >= 0.3 is 5.97 Å². The van der Waals surface area contributed by atoms with Gasteiger partial charge in [-0.2, -0.15) is 0 Å². The SMILES string of the molecule is O=C(O)Cn1c(-c2ccc(F)cc2)nc2cc(Cl)cnc21. The number of hydrogen-bond donors (Lipinski definition) is 1. The van der Waals surface area contributed by atoms with Crippen LogP contribution in [0.3, 0.4) is 0 Å². The molecule has 106 valence electrons. The maximum Gasteiger partial charge on any atom is 0.323 e. The van der Waals surface area contributed by atoms with Crippen LogP contribution in [0.15, 0.2) is 36.5 Å². The summed E-state index contributed by atoms with van der Waals surface area (Å²) in [6.07, 6.45) is 1.43. The van der Waals surface area contributed by atoms with Gasteiger partial charge in [-0.15, -0.1) is 0 Å². The van der Waals surface area contributed by atoms with Crippen LogP contribution >= 0.6 is 11.6 Å². The Balaban J connectivity index is 2.24. The molecule has 0 radical (unpaired) electrons. The average molecular weight is 306 g/mol. The van der Waals surface area contributed by atoms with Gasteiger partial charge in [-0.1, -0.05) is 11.6 Å². The van der Waals surface area contributed by atoms with E-state index in [4.69, 9.17) is 16.7 Å². The fourth-order valence-corrected chi connectivity index (χ4v) is 2.24. The summed E-state index contributed by atoms with van der Waals surface area (Å²) in [7, 11) is 0. The maximum atomic E-state index is 13.0. The summed E-state index contributed by atoms with van der Waals surface area (Å²) in [5, 5.41) is 9.46. The number of carboxylic acids is 1. The molecule has 7 heteroatoms. The number of nitrogens with zero attached hydrogens (tertiary/aromatic N) is 3. The molecule has 21 heavy (non-hydrogen) atoms. The highest BCUT2D eigenvalue weighted by molar-refractivity contribution is 6.31. The highest BCUT2D eigenvalue weighted by Gasteiger charge is 2.16. The van der Waals surface area contributed by atoms with E-state index in [2.05, 4.69) is 9.97 Å². The predicted octanol–water partition coefficient (Wildman–Crippen LogP) is 2.98. The first kappa shape index (κ1) is 13.5. The fourth-order valence-electron chi connectivity index (χ4n) is 2.09. The third-order valence-electron chi connectivity index (χ3n) is 2.95. The topological polar surface area (TPSA) is 68.0 Å². The van der Waals surface area contributed by atoms with Crippen molar-refractivity contribution in [3.8, 4) is 11.4 Å². The summed E-state index contributed by atoms with van der Waals surface area (Å²) >= 11 is 5.88. The van der Waals surface area contributed by atoms with E-state index < -0.39 is 5.97 Å². The first-order valence-electron chi connectivity index (χ1n) is 6.04. The third kappa shape index (κ3) is 2.57. The molecule has 0 aliphatic carbocycles. The Morgan fingerprint density at radius 3 is 2.71 bits per heavy atom. The number of pyridine rings is 1. The van der Waals surface area contributed by atoms with Gasteiger partial charge in [-0.05, 0) is 30.3 Å². The zero-order valence-corrected chi connectivity index (χ0v) is 11.4. The minimum atomic E-state index is -1.02. The molecule has 0 amide bonds. The van der Waals surface area contributed by atoms with Crippen LogP contribution in [0.4, 0.5) is 4.39 Å². The van der Waals surface area contributed by atoms with Gasteiger partial charge in [0.1, 0.15) is 23.7 Å². The highest BCUT2D eigenvalue weighted by Crippen LogP contribution is 2.25. The minimum Gasteiger partial charge on any atom is -0.480 e. The van der Waals surface area contributed by atoms with Crippen LogP contribution in [0.1, 0.15) is 0 Å². The second-order valence-corrected chi connectivity index (χ2v) is 4.85. The Bertz CT molecular complexity index is 830. The molecule has 2 aromatic heterocycles. The van der Waals surface area contributed by atoms with Crippen LogP contribution in [-0.4, -0.2) is 25.6 Å². The summed E-state index contributed by atoms with van der Waals surface area (Å²) < 4.78 is 14.5. The molecule has 1 N–H and O–H groups in total. The third-order valence-corrected chi connectivity index (χ3v) is 3.15. The molecule has 0 aliphatic heterocycles. The number of fused-ring (bicyclic) bond motifs is 1. The van der Waals surface area contributed by atoms with Crippen molar-refractivity contribution >= 4 is 28.7 Å². The molecule has 0 fully saturated rings. The Morgan fingerprint density at radius 2 is 2.05 bits per heavy atom. The van der Waals surface area contributed by atoms with E-state index in [9.17, 15) is 9.18 Å². The Labute approximate surface area is 123 Å². The highest BCUT2D eigenvalue weighted by atomic mass is 35.5. The average Bonchev–Trinajstić information content (AvgIpc) is 2.77. The fraction of sp³-hybridized carbons (Fsp3) is 0.0714. The van der Waals surface area contributed by atoms with Crippen molar-refractivity contribution in [3.63, 3.8) is 0 Å². The molecular formula is C14H9ClFN3O2. The quantitative estimate of drug-likeness (QED) is 0.807. The predicted molar refractivity (Wildman–Crippen MR) is 75.6 cm³/mol. The van der Waals surface area contributed by atoms with Crippen molar-refractivity contribution in [3.05, 3.63) is 47.4 Å². The van der Waals surface area contributed by atoms with E-state index in [1.807, 2.05) is 0 Å². The maximum absolute atomic E-state index is 13.0. The van der Waals surface area contributed by atoms with E-state index in [0.717, 1.165) is 0 Å². The number of rotatable bonds is 3. The minimum absolute atomic E-state index is 0.294. The van der Waals surface area contributed by atoms with Gasteiger partial charge in [0.15, 0.2) is 5.65 Å². The molecule has 1 aromatic carbocycles. The standard InChI is InChI=1S/C14H9ClFN3O2/c15-9-5-11-14(17-6-9)19(7-12(20)21)13(18-11)8-1-3-10(16)4-2-8/h1-6H,7H2,(H,20,21). The number of carboxylic acid groups (broad SMARTS) is 1. The summed E-state index contributed by atoms with van der Waals surface area (Å²) in [6, 6.07) is 7.27. The number of imidazole rings is 1. The lowest BCUT2D eigenvalue weighted by Gasteiger charge is -2.05. The smallest absolute Gasteiger partial charge is 0.323 e. The van der Waals surface area contributed by atoms with Crippen LogP contribution < -0.4 is 0 Å². The lowest BCUT2D eigenvalue weighted by atomic mass is 10.2. The van der Waals surface area contributed by atoms with Crippen molar-refractivity contribution in [2.75, 3.05) is 0 Å². The first-order valence-corrected chi connectivity index (χ1v) is 6.42. The number of benzene rings is 1. The molecule has 3 rings (SSSR count). The van der Waals surface area contributed by atoms with E-state index in [1.165, 1.54) is 35.0 Å². The molecule has 0 atom stereocenters. The van der Waals surface area contributed by atoms with Crippen molar-refractivity contribution < 1.29 is 14.3 Å². The van der Waals surface area contributed by atoms with E-state index in [0.29, 0.717) is 27.6 Å². The molecular weight excluding hydrogens is 297 g/mol. The Hall–Kier alpha value is -2.47. The molecule has 2 heterocycles. The second kappa shape index (κ2) is 5.14. The van der Waals surface area contributed by atoms with Crippen LogP contribution in [0, 0.1) is 5.82 Å². The van der Waals surface area contributed by atoms with Gasteiger partial charge in [0.05, 0.1) is 5.02 Å². The molecule has 0 aliphatic rings. The number of aliphatic carboxylic acids is 1. The van der Waals surface area contributed by atoms with Crippen LogP contribution in [0.2, 0.25) is 5.02 Å². The summed E-state index contributed by atoms with van der Waals surface area (Å²) in [6.45, 7) is -0.294. The largest absolute Gasteiger partial charge is 0.480 e. The van der Waals surface area contributed by atoms with Crippen molar-refractivity contribution in [2.45, 2.75) is 6.54 Å². The lowest BCUT2D eigenvalue weighted by molar-refractivity contribution is -0.137. The molecule has 0 spiro atoms. The van der Waals surface area contributed by atoms with Crippen LogP contribution in [0.25, 0.3) is 22.6 Å². The zero-order chi connectivity index (χ0) is 15.0. The summed E-state index contributed by atoms with van der Waals surface area (Å²) in [5.74, 6) is -0.989. The van der Waals surface area contributed by atoms with E-state index >= 15 is 0 Å². The van der Waals surface area contributed by atoms with E-state index in [-0.39, 0.29) is 12.4 Å². The molecule has 0 unspecified atom stereocenters. The van der Waals surface area contributed by atoms with Gasteiger partial charge in [0, 0.05) is 11.8 Å². The Kier molecular flexibility index (Phi) is 3.31. The van der Waals surface area contributed by atoms with Gasteiger partial charge in [0.25, 0.3) is 0 Å². The molecule has 0 saturated carbocycles. The van der Waals surface area contributed by atoms with Gasteiger partial charge in [0.2, 0.25) is 0 Å². The first-order chi connectivity index (χ1) is 10.0. The monoisotopic (exact) mass is 305 g/mol. The number of halogens is 2.